The highest BCUT2D eigenvalue weighted by atomic mass is 32.2. The molecule has 25 heavy (non-hydrogen) atoms. The standard InChI is InChI=1S/C19H22N2O3S/c1-13(2)25-17-6-4-3-5-16(17)19(23)21-14-7-9-15(10-8-14)24-12-11-18(20)22/h3-10,13H,11-12H2,1-2H3,(H2,20,22)(H,21,23). The molecule has 0 unspecified atom stereocenters. The minimum absolute atomic E-state index is 0.147. The molecule has 0 spiro atoms. The van der Waals surface area contributed by atoms with E-state index in [0.717, 1.165) is 4.90 Å². The van der Waals surface area contributed by atoms with Gasteiger partial charge in [-0.1, -0.05) is 26.0 Å². The SMILES string of the molecule is CC(C)Sc1ccccc1C(=O)Nc1ccc(OCCC(N)=O)cc1. The van der Waals surface area contributed by atoms with Crippen LogP contribution in [0.15, 0.2) is 53.4 Å². The van der Waals surface area contributed by atoms with E-state index in [1.807, 2.05) is 24.3 Å². The van der Waals surface area contributed by atoms with Crippen LogP contribution in [-0.4, -0.2) is 23.7 Å². The van der Waals surface area contributed by atoms with E-state index in [9.17, 15) is 9.59 Å². The van der Waals surface area contributed by atoms with Gasteiger partial charge in [-0.3, -0.25) is 9.59 Å². The number of ether oxygens (including phenoxy) is 1. The Hall–Kier alpha value is -2.47. The van der Waals surface area contributed by atoms with Crippen LogP contribution in [-0.2, 0) is 4.79 Å². The van der Waals surface area contributed by atoms with Crippen molar-refractivity contribution < 1.29 is 14.3 Å². The number of primary amides is 1. The van der Waals surface area contributed by atoms with E-state index >= 15 is 0 Å². The number of nitrogens with one attached hydrogen (secondary N) is 1. The fourth-order valence-electron chi connectivity index (χ4n) is 2.11. The van der Waals surface area contributed by atoms with Crippen molar-refractivity contribution in [3.05, 3.63) is 54.1 Å². The van der Waals surface area contributed by atoms with E-state index in [-0.39, 0.29) is 18.9 Å². The van der Waals surface area contributed by atoms with Crippen LogP contribution >= 0.6 is 11.8 Å². The summed E-state index contributed by atoms with van der Waals surface area (Å²) >= 11 is 1.66. The van der Waals surface area contributed by atoms with Crippen molar-refractivity contribution in [1.29, 1.82) is 0 Å². The van der Waals surface area contributed by atoms with E-state index in [2.05, 4.69) is 19.2 Å². The predicted molar refractivity (Wildman–Crippen MR) is 101 cm³/mol. The second-order valence-electron chi connectivity index (χ2n) is 5.71. The summed E-state index contributed by atoms with van der Waals surface area (Å²) < 4.78 is 5.41. The summed E-state index contributed by atoms with van der Waals surface area (Å²) in [6.07, 6.45) is 0.169. The fraction of sp³-hybridized carbons (Fsp3) is 0.263. The lowest BCUT2D eigenvalue weighted by Gasteiger charge is -2.12. The lowest BCUT2D eigenvalue weighted by Crippen LogP contribution is -2.14. The second-order valence-corrected chi connectivity index (χ2v) is 7.32. The average Bonchev–Trinajstić information content (AvgIpc) is 2.56. The smallest absolute Gasteiger partial charge is 0.256 e. The maximum atomic E-state index is 12.5. The zero-order valence-electron chi connectivity index (χ0n) is 14.3. The average molecular weight is 358 g/mol. The molecule has 0 bridgehead atoms. The van der Waals surface area contributed by atoms with Crippen LogP contribution < -0.4 is 15.8 Å². The summed E-state index contributed by atoms with van der Waals surface area (Å²) in [7, 11) is 0. The Balaban J connectivity index is 2.00. The molecule has 0 atom stereocenters. The summed E-state index contributed by atoms with van der Waals surface area (Å²) in [4.78, 5) is 24.2. The second kappa shape index (κ2) is 9.13. The molecule has 2 aromatic rings. The van der Waals surface area contributed by atoms with Crippen LogP contribution in [0.3, 0.4) is 0 Å². The van der Waals surface area contributed by atoms with E-state index in [0.29, 0.717) is 22.3 Å². The lowest BCUT2D eigenvalue weighted by atomic mass is 10.2. The van der Waals surface area contributed by atoms with Gasteiger partial charge in [-0.25, -0.2) is 0 Å². The minimum Gasteiger partial charge on any atom is -0.493 e. The third kappa shape index (κ3) is 6.15. The van der Waals surface area contributed by atoms with Crippen LogP contribution in [0.2, 0.25) is 0 Å². The third-order valence-corrected chi connectivity index (χ3v) is 4.31. The first-order valence-corrected chi connectivity index (χ1v) is 8.92. The molecule has 0 saturated heterocycles. The number of hydrogen-bond donors (Lipinski definition) is 2. The highest BCUT2D eigenvalue weighted by Crippen LogP contribution is 2.27. The molecule has 2 amide bonds. The van der Waals surface area contributed by atoms with Crippen molar-refractivity contribution in [3.8, 4) is 5.75 Å². The number of rotatable bonds is 8. The minimum atomic E-state index is -0.401. The Morgan fingerprint density at radius 3 is 2.44 bits per heavy atom. The predicted octanol–water partition coefficient (Wildman–Crippen LogP) is 3.69. The Morgan fingerprint density at radius 2 is 1.80 bits per heavy atom. The molecule has 5 nitrogen and oxygen atoms in total. The van der Waals surface area contributed by atoms with Gasteiger partial charge in [-0.2, -0.15) is 0 Å². The number of amides is 2. The molecule has 0 aliphatic rings. The Kier molecular flexibility index (Phi) is 6.89. The third-order valence-electron chi connectivity index (χ3n) is 3.22. The van der Waals surface area contributed by atoms with Gasteiger partial charge >= 0.3 is 0 Å². The highest BCUT2D eigenvalue weighted by molar-refractivity contribution is 8.00. The molecule has 2 rings (SSSR count). The fourth-order valence-corrected chi connectivity index (χ4v) is 3.07. The molecular formula is C19H22N2O3S. The molecule has 3 N–H and O–H groups in total. The van der Waals surface area contributed by atoms with Crippen molar-refractivity contribution in [2.45, 2.75) is 30.4 Å². The van der Waals surface area contributed by atoms with Crippen molar-refractivity contribution in [2.75, 3.05) is 11.9 Å². The zero-order valence-corrected chi connectivity index (χ0v) is 15.1. The highest BCUT2D eigenvalue weighted by Gasteiger charge is 2.12. The number of nitrogens with two attached hydrogens (primary N) is 1. The van der Waals surface area contributed by atoms with Gasteiger partial charge in [0.2, 0.25) is 5.91 Å². The first kappa shape index (κ1) is 18.9. The quantitative estimate of drug-likeness (QED) is 0.705. The number of carbonyl (C=O) groups excluding carboxylic acids is 2. The molecular weight excluding hydrogens is 336 g/mol. The molecule has 6 heteroatoms. The van der Waals surface area contributed by atoms with Gasteiger partial charge in [0.1, 0.15) is 5.75 Å². The lowest BCUT2D eigenvalue weighted by molar-refractivity contribution is -0.118. The van der Waals surface area contributed by atoms with Crippen molar-refractivity contribution in [1.82, 2.24) is 0 Å². The Labute approximate surface area is 151 Å². The summed E-state index contributed by atoms with van der Waals surface area (Å²) in [5, 5.41) is 3.29. The van der Waals surface area contributed by atoms with Crippen LogP contribution in [0.1, 0.15) is 30.6 Å². The van der Waals surface area contributed by atoms with E-state index in [1.54, 1.807) is 36.0 Å². The zero-order chi connectivity index (χ0) is 18.2. The van der Waals surface area contributed by atoms with Crippen molar-refractivity contribution >= 4 is 29.3 Å². The number of benzene rings is 2. The van der Waals surface area contributed by atoms with Gasteiger partial charge < -0.3 is 15.8 Å². The van der Waals surface area contributed by atoms with Crippen molar-refractivity contribution in [2.24, 2.45) is 5.73 Å². The monoisotopic (exact) mass is 358 g/mol. The van der Waals surface area contributed by atoms with Crippen LogP contribution in [0.25, 0.3) is 0 Å². The maximum Gasteiger partial charge on any atom is 0.256 e. The number of anilines is 1. The van der Waals surface area contributed by atoms with Gasteiger partial charge in [0.25, 0.3) is 5.91 Å². The van der Waals surface area contributed by atoms with Gasteiger partial charge in [0.15, 0.2) is 0 Å². The summed E-state index contributed by atoms with van der Waals surface area (Å²) in [5.74, 6) is 0.0722. The first-order valence-electron chi connectivity index (χ1n) is 8.04. The number of carbonyl (C=O) groups is 2. The van der Waals surface area contributed by atoms with Crippen LogP contribution in [0, 0.1) is 0 Å². The molecule has 0 aromatic heterocycles. The normalized spacial score (nSPS) is 10.5. The van der Waals surface area contributed by atoms with Gasteiger partial charge in [-0.05, 0) is 36.4 Å². The molecule has 0 fully saturated rings. The molecule has 0 saturated carbocycles. The maximum absolute atomic E-state index is 12.5. The van der Waals surface area contributed by atoms with Crippen molar-refractivity contribution in [3.63, 3.8) is 0 Å². The molecule has 0 aliphatic heterocycles. The van der Waals surface area contributed by atoms with E-state index < -0.39 is 5.91 Å². The summed E-state index contributed by atoms with van der Waals surface area (Å²) in [6, 6.07) is 14.6. The molecule has 0 aliphatic carbocycles. The van der Waals surface area contributed by atoms with Gasteiger partial charge in [0, 0.05) is 15.8 Å². The van der Waals surface area contributed by atoms with E-state index in [4.69, 9.17) is 10.5 Å². The summed E-state index contributed by atoms with van der Waals surface area (Å²) in [5.41, 5.74) is 6.40. The van der Waals surface area contributed by atoms with Gasteiger partial charge in [0.05, 0.1) is 18.6 Å². The van der Waals surface area contributed by atoms with Crippen LogP contribution in [0.5, 0.6) is 5.75 Å². The topological polar surface area (TPSA) is 81.4 Å². The molecule has 132 valence electrons. The Morgan fingerprint density at radius 1 is 1.12 bits per heavy atom. The van der Waals surface area contributed by atoms with E-state index in [1.165, 1.54) is 0 Å². The number of thioether (sulfide) groups is 1. The molecule has 0 radical (unpaired) electrons. The van der Waals surface area contributed by atoms with Crippen LogP contribution in [0.4, 0.5) is 5.69 Å². The molecule has 0 heterocycles. The summed E-state index contributed by atoms with van der Waals surface area (Å²) in [6.45, 7) is 4.42. The largest absolute Gasteiger partial charge is 0.493 e. The Bertz CT molecular complexity index is 730. The van der Waals surface area contributed by atoms with Gasteiger partial charge in [-0.15, -0.1) is 11.8 Å². The number of hydrogen-bond acceptors (Lipinski definition) is 4. The molecule has 2 aromatic carbocycles. The first-order chi connectivity index (χ1) is 12.0.